The van der Waals surface area contributed by atoms with Crippen LogP contribution in [-0.4, -0.2) is 60.8 Å². The minimum absolute atomic E-state index is 0.0280. The van der Waals surface area contributed by atoms with Crippen molar-refractivity contribution in [1.29, 1.82) is 0 Å². The maximum atomic E-state index is 13.2. The molecule has 6 nitrogen and oxygen atoms in total. The fourth-order valence-electron chi connectivity index (χ4n) is 7.70. The van der Waals surface area contributed by atoms with Crippen LogP contribution in [0.25, 0.3) is 0 Å². The number of ketones is 1. The largest absolute Gasteiger partial charge is 0.390 e. The van der Waals surface area contributed by atoms with Gasteiger partial charge in [0.15, 0.2) is 5.78 Å². The predicted octanol–water partition coefficient (Wildman–Crippen LogP) is 2.66. The molecular formula is C27H42O6. The first-order valence-electron chi connectivity index (χ1n) is 12.6. The molecule has 2 saturated carbocycles. The average molecular weight is 463 g/mol. The van der Waals surface area contributed by atoms with Gasteiger partial charge in [0, 0.05) is 11.8 Å². The van der Waals surface area contributed by atoms with Crippen LogP contribution in [0.4, 0.5) is 0 Å². The monoisotopic (exact) mass is 462 g/mol. The average Bonchev–Trinajstić information content (AvgIpc) is 3.06. The molecule has 9 atom stereocenters. The second-order valence-electron chi connectivity index (χ2n) is 12.6. The van der Waals surface area contributed by atoms with Crippen molar-refractivity contribution in [2.24, 2.45) is 28.6 Å². The fourth-order valence-corrected chi connectivity index (χ4v) is 7.70. The molecule has 0 aromatic rings. The van der Waals surface area contributed by atoms with E-state index in [0.29, 0.717) is 32.1 Å². The Kier molecular flexibility index (Phi) is 6.07. The Morgan fingerprint density at radius 1 is 1.12 bits per heavy atom. The summed E-state index contributed by atoms with van der Waals surface area (Å²) in [6.45, 7) is 9.34. The highest BCUT2D eigenvalue weighted by Gasteiger charge is 2.60. The number of aliphatic hydroxyl groups is 5. The van der Waals surface area contributed by atoms with Crippen LogP contribution >= 0.6 is 0 Å². The molecule has 186 valence electrons. The number of hydrogen-bond donors (Lipinski definition) is 5. The third-order valence-corrected chi connectivity index (χ3v) is 9.79. The highest BCUT2D eigenvalue weighted by atomic mass is 16.3. The topological polar surface area (TPSA) is 118 Å². The molecule has 0 unspecified atom stereocenters. The van der Waals surface area contributed by atoms with E-state index in [1.54, 1.807) is 26.8 Å². The van der Waals surface area contributed by atoms with Gasteiger partial charge in [0.25, 0.3) is 0 Å². The molecule has 0 heterocycles. The smallest absolute Gasteiger partial charge is 0.159 e. The number of allylic oxidation sites excluding steroid dienone is 4. The zero-order chi connectivity index (χ0) is 24.6. The minimum Gasteiger partial charge on any atom is -0.390 e. The predicted molar refractivity (Wildman–Crippen MR) is 125 cm³/mol. The van der Waals surface area contributed by atoms with E-state index in [9.17, 15) is 30.3 Å². The van der Waals surface area contributed by atoms with Crippen LogP contribution in [-0.2, 0) is 4.79 Å². The van der Waals surface area contributed by atoms with Gasteiger partial charge in [-0.1, -0.05) is 19.9 Å². The standard InChI is InChI=1S/C27H42O6/c1-24(2,32)10-9-23(31)27(5,33)22-7-6-16-15-12-19(28)18-13-20(29)21(30)14-26(18,4)17(15)8-11-25(16,22)3/h6,12,17-18,20-23,29-33H,7-11,13-14H2,1-5H3/t17-,18-,20+,21-,22-,23-,25-,26+,27+/m0/s1. The number of carbonyl (C=O) groups excluding carboxylic acids is 1. The van der Waals surface area contributed by atoms with Gasteiger partial charge in [-0.05, 0) is 99.7 Å². The van der Waals surface area contributed by atoms with Crippen molar-refractivity contribution < 1.29 is 30.3 Å². The number of hydrogen-bond acceptors (Lipinski definition) is 6. The molecule has 33 heavy (non-hydrogen) atoms. The van der Waals surface area contributed by atoms with Crippen molar-refractivity contribution in [3.8, 4) is 0 Å². The van der Waals surface area contributed by atoms with Crippen molar-refractivity contribution >= 4 is 5.78 Å². The van der Waals surface area contributed by atoms with E-state index in [-0.39, 0.29) is 29.0 Å². The molecule has 0 aromatic carbocycles. The van der Waals surface area contributed by atoms with Gasteiger partial charge < -0.3 is 25.5 Å². The summed E-state index contributed by atoms with van der Waals surface area (Å²) in [5.74, 6) is -0.317. The number of rotatable bonds is 5. The van der Waals surface area contributed by atoms with Crippen molar-refractivity contribution in [2.45, 2.75) is 109 Å². The molecular weight excluding hydrogens is 420 g/mol. The number of aliphatic hydroxyl groups excluding tert-OH is 3. The summed E-state index contributed by atoms with van der Waals surface area (Å²) in [4.78, 5) is 13.2. The molecule has 4 rings (SSSR count). The van der Waals surface area contributed by atoms with Crippen LogP contribution in [0, 0.1) is 28.6 Å². The Morgan fingerprint density at radius 2 is 1.79 bits per heavy atom. The van der Waals surface area contributed by atoms with Crippen LogP contribution in [0.5, 0.6) is 0 Å². The Balaban J connectivity index is 1.62. The second kappa shape index (κ2) is 7.99. The minimum atomic E-state index is -1.33. The van der Waals surface area contributed by atoms with Crippen LogP contribution in [0.2, 0.25) is 0 Å². The molecule has 0 spiro atoms. The molecule has 0 bridgehead atoms. The lowest BCUT2D eigenvalue weighted by atomic mass is 9.48. The molecule has 5 N–H and O–H groups in total. The number of fused-ring (bicyclic) bond motifs is 5. The molecule has 0 amide bonds. The van der Waals surface area contributed by atoms with E-state index >= 15 is 0 Å². The highest BCUT2D eigenvalue weighted by Crippen LogP contribution is 2.65. The molecule has 6 heteroatoms. The van der Waals surface area contributed by atoms with E-state index in [0.717, 1.165) is 24.0 Å². The van der Waals surface area contributed by atoms with Crippen molar-refractivity contribution in [3.63, 3.8) is 0 Å². The number of carbonyl (C=O) groups is 1. The third-order valence-electron chi connectivity index (χ3n) is 9.79. The summed E-state index contributed by atoms with van der Waals surface area (Å²) in [6.07, 6.45) is 4.99. The maximum Gasteiger partial charge on any atom is 0.159 e. The van der Waals surface area contributed by atoms with Crippen LogP contribution in [0.3, 0.4) is 0 Å². The first-order valence-corrected chi connectivity index (χ1v) is 12.6. The van der Waals surface area contributed by atoms with Gasteiger partial charge in [0.05, 0.1) is 29.5 Å². The Bertz CT molecular complexity index is 866. The van der Waals surface area contributed by atoms with Gasteiger partial charge in [0.1, 0.15) is 0 Å². The maximum absolute atomic E-state index is 13.2. The van der Waals surface area contributed by atoms with Crippen molar-refractivity contribution in [3.05, 3.63) is 23.3 Å². The fraction of sp³-hybridized carbons (Fsp3) is 0.815. The molecule has 0 aromatic heterocycles. The highest BCUT2D eigenvalue weighted by molar-refractivity contribution is 5.95. The van der Waals surface area contributed by atoms with Crippen molar-refractivity contribution in [2.75, 3.05) is 0 Å². The van der Waals surface area contributed by atoms with E-state index in [2.05, 4.69) is 19.9 Å². The third kappa shape index (κ3) is 3.96. The van der Waals surface area contributed by atoms with Gasteiger partial charge >= 0.3 is 0 Å². The van der Waals surface area contributed by atoms with Crippen molar-refractivity contribution in [1.82, 2.24) is 0 Å². The molecule has 0 aliphatic heterocycles. The van der Waals surface area contributed by atoms with Crippen LogP contribution < -0.4 is 0 Å². The van der Waals surface area contributed by atoms with E-state index in [1.165, 1.54) is 0 Å². The van der Waals surface area contributed by atoms with Gasteiger partial charge in [-0.25, -0.2) is 0 Å². The molecule has 0 radical (unpaired) electrons. The molecule has 2 fully saturated rings. The first kappa shape index (κ1) is 25.1. The summed E-state index contributed by atoms with van der Waals surface area (Å²) in [5.41, 5.74) is -0.864. The Morgan fingerprint density at radius 3 is 2.42 bits per heavy atom. The van der Waals surface area contributed by atoms with Gasteiger partial charge in [-0.3, -0.25) is 4.79 Å². The zero-order valence-electron chi connectivity index (χ0n) is 20.7. The lowest BCUT2D eigenvalue weighted by Crippen LogP contribution is -2.56. The summed E-state index contributed by atoms with van der Waals surface area (Å²) in [5, 5.41) is 53.2. The van der Waals surface area contributed by atoms with Gasteiger partial charge in [-0.15, -0.1) is 0 Å². The summed E-state index contributed by atoms with van der Waals surface area (Å²) in [6, 6.07) is 0. The van der Waals surface area contributed by atoms with Gasteiger partial charge in [0.2, 0.25) is 0 Å². The van der Waals surface area contributed by atoms with Crippen LogP contribution in [0.1, 0.15) is 79.6 Å². The van der Waals surface area contributed by atoms with Crippen LogP contribution in [0.15, 0.2) is 23.3 Å². The second-order valence-corrected chi connectivity index (χ2v) is 12.6. The molecule has 4 aliphatic carbocycles. The quantitative estimate of drug-likeness (QED) is 0.429. The Hall–Kier alpha value is -1.05. The summed E-state index contributed by atoms with van der Waals surface area (Å²) in [7, 11) is 0. The Labute approximate surface area is 197 Å². The van der Waals surface area contributed by atoms with Gasteiger partial charge in [-0.2, -0.15) is 0 Å². The van der Waals surface area contributed by atoms with E-state index < -0.39 is 34.9 Å². The summed E-state index contributed by atoms with van der Waals surface area (Å²) >= 11 is 0. The molecule has 0 saturated heterocycles. The summed E-state index contributed by atoms with van der Waals surface area (Å²) < 4.78 is 0. The van der Waals surface area contributed by atoms with E-state index in [4.69, 9.17) is 0 Å². The normalized spacial score (nSPS) is 43.6. The SMILES string of the molecule is CC(C)(O)CC[C@H](O)[C@](C)(O)[C@H]1CC=C2C3=CC(=O)[C@@H]4C[C@@H](O)[C@@H](O)C[C@]4(C)[C@H]3CC[C@@]21C. The zero-order valence-corrected chi connectivity index (χ0v) is 20.7. The lowest BCUT2D eigenvalue weighted by molar-refractivity contribution is -0.144. The lowest BCUT2D eigenvalue weighted by Gasteiger charge is -2.57. The first-order chi connectivity index (χ1) is 15.1. The molecule has 4 aliphatic rings. The van der Waals surface area contributed by atoms with E-state index in [1.807, 2.05) is 0 Å².